The Hall–Kier alpha value is -4.88. The van der Waals surface area contributed by atoms with E-state index in [4.69, 9.17) is 0 Å². The van der Waals surface area contributed by atoms with Crippen LogP contribution < -0.4 is 4.90 Å². The summed E-state index contributed by atoms with van der Waals surface area (Å²) in [7, 11) is 0. The van der Waals surface area contributed by atoms with E-state index in [0.717, 1.165) is 0 Å². The molecule has 6 aliphatic rings. The molecule has 0 radical (unpaired) electrons. The van der Waals surface area contributed by atoms with Crippen LogP contribution in [0.1, 0.15) is 243 Å². The number of nitrogens with zero attached hydrogens (tertiary/aromatic N) is 1. The number of rotatable bonds is 10. The Labute approximate surface area is 422 Å². The molecule has 0 bridgehead atoms. The molecule has 1 heteroatoms. The highest BCUT2D eigenvalue weighted by Crippen LogP contribution is 2.52. The molecule has 0 unspecified atom stereocenters. The molecule has 0 saturated heterocycles. The van der Waals surface area contributed by atoms with E-state index in [1.165, 1.54) is 228 Å². The largest absolute Gasteiger partial charge is 0.310 e. The first kappa shape index (κ1) is 46.2. The molecule has 0 amide bonds. The van der Waals surface area contributed by atoms with Gasteiger partial charge in [-0.15, -0.1) is 0 Å². The zero-order chi connectivity index (χ0) is 47.0. The Balaban J connectivity index is 1.07. The quantitative estimate of drug-likeness (QED) is 0.132. The van der Waals surface area contributed by atoms with Gasteiger partial charge in [0.25, 0.3) is 0 Å². The van der Waals surface area contributed by atoms with Crippen molar-refractivity contribution >= 4 is 17.1 Å². The summed E-state index contributed by atoms with van der Waals surface area (Å²) in [5.41, 5.74) is 22.9. The summed E-state index contributed by atoms with van der Waals surface area (Å²) in [6.07, 6.45) is 33.9. The molecule has 6 aromatic carbocycles. The molecule has 12 rings (SSSR count). The van der Waals surface area contributed by atoms with Gasteiger partial charge in [-0.25, -0.2) is 0 Å². The van der Waals surface area contributed by atoms with Crippen molar-refractivity contribution in [2.45, 2.75) is 209 Å². The van der Waals surface area contributed by atoms with Crippen molar-refractivity contribution in [2.75, 3.05) is 4.90 Å². The zero-order valence-electron chi connectivity index (χ0n) is 43.1. The Kier molecular flexibility index (Phi) is 13.4. The van der Waals surface area contributed by atoms with E-state index < -0.39 is 0 Å². The molecule has 0 aliphatic heterocycles. The highest BCUT2D eigenvalue weighted by Gasteiger charge is 2.36. The summed E-state index contributed by atoms with van der Waals surface area (Å²) in [4.78, 5) is 2.65. The maximum Gasteiger partial charge on any atom is 0.0473 e. The Bertz CT molecular complexity index is 2580. The molecule has 362 valence electrons. The van der Waals surface area contributed by atoms with Gasteiger partial charge < -0.3 is 4.90 Å². The predicted molar refractivity (Wildman–Crippen MR) is 299 cm³/mol. The van der Waals surface area contributed by atoms with Crippen molar-refractivity contribution in [3.8, 4) is 33.4 Å². The van der Waals surface area contributed by atoms with Crippen molar-refractivity contribution in [1.29, 1.82) is 0 Å². The van der Waals surface area contributed by atoms with Gasteiger partial charge in [-0.2, -0.15) is 0 Å². The molecule has 70 heavy (non-hydrogen) atoms. The molecule has 5 fully saturated rings. The lowest BCUT2D eigenvalue weighted by Crippen LogP contribution is -2.16. The van der Waals surface area contributed by atoms with E-state index in [0.29, 0.717) is 29.6 Å². The summed E-state index contributed by atoms with van der Waals surface area (Å²) < 4.78 is 0. The first-order valence-corrected chi connectivity index (χ1v) is 29.0. The van der Waals surface area contributed by atoms with Gasteiger partial charge >= 0.3 is 0 Å². The van der Waals surface area contributed by atoms with E-state index in [9.17, 15) is 0 Å². The van der Waals surface area contributed by atoms with Crippen LogP contribution in [0.3, 0.4) is 0 Å². The second-order valence-electron chi connectivity index (χ2n) is 24.0. The lowest BCUT2D eigenvalue weighted by Gasteiger charge is -2.30. The summed E-state index contributed by atoms with van der Waals surface area (Å²) in [5, 5.41) is 0. The summed E-state index contributed by atoms with van der Waals surface area (Å²) in [6.45, 7) is 4.88. The minimum absolute atomic E-state index is 0.0877. The molecule has 0 spiro atoms. The van der Waals surface area contributed by atoms with Crippen LogP contribution in [0.5, 0.6) is 0 Å². The van der Waals surface area contributed by atoms with Gasteiger partial charge in [0, 0.05) is 22.5 Å². The Morgan fingerprint density at radius 1 is 0.300 bits per heavy atom. The summed E-state index contributed by atoms with van der Waals surface area (Å²) in [5.74, 6) is 3.35. The summed E-state index contributed by atoms with van der Waals surface area (Å²) >= 11 is 0. The number of hydrogen-bond donors (Lipinski definition) is 0. The number of benzene rings is 6. The smallest absolute Gasteiger partial charge is 0.0473 e. The van der Waals surface area contributed by atoms with Gasteiger partial charge in [0.2, 0.25) is 0 Å². The SMILES string of the molecule is CC1(C)c2ccccc2-c2ccc(N(c3ccc(C4CCCCC4)cc3)c3cc(-c4cc(C5CCCCC5)cc(C5CCCCC5)c4)cc(-c4cc(C5CCCCC5)cc(C5CCCCC5)c4)c3)cc21. The summed E-state index contributed by atoms with van der Waals surface area (Å²) in [6, 6.07) is 50.4. The fourth-order valence-electron chi connectivity index (χ4n) is 15.1. The fraction of sp³-hybridized carbons (Fsp3) is 0.478. The van der Waals surface area contributed by atoms with Crippen molar-refractivity contribution < 1.29 is 0 Å². The van der Waals surface area contributed by atoms with E-state index in [1.807, 2.05) is 0 Å². The van der Waals surface area contributed by atoms with Gasteiger partial charge in [0.05, 0.1) is 0 Å². The minimum Gasteiger partial charge on any atom is -0.310 e. The molecule has 5 saturated carbocycles. The normalized spacial score (nSPS) is 20.5. The van der Waals surface area contributed by atoms with E-state index in [-0.39, 0.29) is 5.41 Å². The lowest BCUT2D eigenvalue weighted by molar-refractivity contribution is 0.435. The van der Waals surface area contributed by atoms with Crippen molar-refractivity contribution in [3.05, 3.63) is 160 Å². The molecule has 1 nitrogen and oxygen atoms in total. The van der Waals surface area contributed by atoms with Gasteiger partial charge in [0.1, 0.15) is 0 Å². The first-order valence-electron chi connectivity index (χ1n) is 29.0. The molecule has 0 heterocycles. The molecule has 6 aliphatic carbocycles. The number of hydrogen-bond acceptors (Lipinski definition) is 1. The highest BCUT2D eigenvalue weighted by molar-refractivity contribution is 5.88. The van der Waals surface area contributed by atoms with E-state index >= 15 is 0 Å². The van der Waals surface area contributed by atoms with Crippen LogP contribution in [0.25, 0.3) is 33.4 Å². The average Bonchev–Trinajstić information content (AvgIpc) is 3.67. The van der Waals surface area contributed by atoms with Crippen molar-refractivity contribution in [3.63, 3.8) is 0 Å². The van der Waals surface area contributed by atoms with Crippen LogP contribution >= 0.6 is 0 Å². The van der Waals surface area contributed by atoms with Crippen LogP contribution in [0, 0.1) is 0 Å². The second-order valence-corrected chi connectivity index (χ2v) is 24.0. The molecule has 0 N–H and O–H groups in total. The fourth-order valence-corrected chi connectivity index (χ4v) is 15.1. The second kappa shape index (κ2) is 20.3. The third-order valence-corrected chi connectivity index (χ3v) is 19.2. The Morgan fingerprint density at radius 3 is 1.11 bits per heavy atom. The number of anilines is 3. The maximum absolute atomic E-state index is 2.69. The standard InChI is InChI=1S/C69H81N/c1-69(2)67-31-19-18-30-65(67)66-37-36-63(47-68(66)69)70(62-34-32-53(33-35-62)48-20-8-3-9-21-48)64-45-60(58-40-54(49-22-10-4-11-23-49)38-55(41-58)50-24-12-5-13-25-50)44-61(46-64)59-42-56(51-26-14-6-15-27-51)39-57(43-59)52-28-16-7-17-29-52/h18-19,30-52H,3-17,20-29H2,1-2H3. The zero-order valence-corrected chi connectivity index (χ0v) is 43.1. The van der Waals surface area contributed by atoms with Crippen LogP contribution in [0.15, 0.2) is 121 Å². The van der Waals surface area contributed by atoms with Gasteiger partial charge in [-0.1, -0.05) is 189 Å². The lowest BCUT2D eigenvalue weighted by atomic mass is 9.78. The molecule has 6 aromatic rings. The Morgan fingerprint density at radius 2 is 0.671 bits per heavy atom. The van der Waals surface area contributed by atoms with Crippen LogP contribution in [0.2, 0.25) is 0 Å². The van der Waals surface area contributed by atoms with Crippen molar-refractivity contribution in [2.24, 2.45) is 0 Å². The van der Waals surface area contributed by atoms with E-state index in [1.54, 1.807) is 22.3 Å². The topological polar surface area (TPSA) is 3.24 Å². The van der Waals surface area contributed by atoms with Crippen LogP contribution in [-0.4, -0.2) is 0 Å². The number of fused-ring (bicyclic) bond motifs is 3. The monoisotopic (exact) mass is 924 g/mol. The highest BCUT2D eigenvalue weighted by atomic mass is 15.1. The molecule has 0 aromatic heterocycles. The maximum atomic E-state index is 2.69. The van der Waals surface area contributed by atoms with Crippen molar-refractivity contribution in [1.82, 2.24) is 0 Å². The average molecular weight is 924 g/mol. The molecular weight excluding hydrogens is 843 g/mol. The molecular formula is C69H81N. The van der Waals surface area contributed by atoms with Crippen LogP contribution in [-0.2, 0) is 5.41 Å². The third-order valence-electron chi connectivity index (χ3n) is 19.2. The third kappa shape index (κ3) is 9.38. The first-order chi connectivity index (χ1) is 34.4. The minimum atomic E-state index is -0.0877. The predicted octanol–water partition coefficient (Wildman–Crippen LogP) is 21.0. The van der Waals surface area contributed by atoms with Gasteiger partial charge in [-0.3, -0.25) is 0 Å². The molecule has 0 atom stereocenters. The van der Waals surface area contributed by atoms with Gasteiger partial charge in [-0.05, 0) is 209 Å². The van der Waals surface area contributed by atoms with E-state index in [2.05, 4.69) is 140 Å². The van der Waals surface area contributed by atoms with Gasteiger partial charge in [0.15, 0.2) is 0 Å². The van der Waals surface area contributed by atoms with Crippen LogP contribution in [0.4, 0.5) is 17.1 Å².